The predicted octanol–water partition coefficient (Wildman–Crippen LogP) is 0.769. The number of rotatable bonds is 3. The Balaban J connectivity index is 3.81. The molecule has 1 N–H and O–H groups in total. The zero-order chi connectivity index (χ0) is 11.4. The van der Waals surface area contributed by atoms with E-state index < -0.39 is 0 Å². The van der Waals surface area contributed by atoms with E-state index in [4.69, 9.17) is 0 Å². The van der Waals surface area contributed by atoms with Crippen molar-refractivity contribution in [2.75, 3.05) is 13.6 Å². The van der Waals surface area contributed by atoms with Gasteiger partial charge in [-0.25, -0.2) is 0 Å². The Kier molecular flexibility index (Phi) is 4.60. The molecule has 0 saturated carbocycles. The third kappa shape index (κ3) is 6.46. The zero-order valence-electron chi connectivity index (χ0n) is 9.68. The van der Waals surface area contributed by atoms with Crippen molar-refractivity contribution in [3.05, 3.63) is 0 Å². The highest BCUT2D eigenvalue weighted by atomic mass is 16.2. The first-order valence-corrected chi connectivity index (χ1v) is 4.75. The van der Waals surface area contributed by atoms with E-state index in [0.717, 1.165) is 0 Å². The van der Waals surface area contributed by atoms with E-state index in [-0.39, 0.29) is 17.4 Å². The monoisotopic (exact) mass is 200 g/mol. The van der Waals surface area contributed by atoms with Gasteiger partial charge in [-0.15, -0.1) is 0 Å². The summed E-state index contributed by atoms with van der Waals surface area (Å²) in [5, 5.41) is 2.84. The number of carbonyl (C=O) groups excluding carboxylic acids is 2. The topological polar surface area (TPSA) is 49.4 Å². The smallest absolute Gasteiger partial charge is 0.222 e. The van der Waals surface area contributed by atoms with Crippen LogP contribution in [0, 0.1) is 0 Å². The van der Waals surface area contributed by atoms with Crippen molar-refractivity contribution in [3.8, 4) is 0 Å². The summed E-state index contributed by atoms with van der Waals surface area (Å²) in [4.78, 5) is 23.7. The second-order valence-electron chi connectivity index (χ2n) is 4.49. The van der Waals surface area contributed by atoms with E-state index in [1.165, 1.54) is 11.8 Å². The summed E-state index contributed by atoms with van der Waals surface area (Å²) in [6.45, 7) is 7.75. The quantitative estimate of drug-likeness (QED) is 0.731. The van der Waals surface area contributed by atoms with Crippen molar-refractivity contribution in [3.63, 3.8) is 0 Å². The Labute approximate surface area is 85.7 Å². The lowest BCUT2D eigenvalue weighted by atomic mass is 10.1. The molecule has 0 aliphatic rings. The first-order valence-electron chi connectivity index (χ1n) is 4.75. The first kappa shape index (κ1) is 12.9. The van der Waals surface area contributed by atoms with E-state index in [2.05, 4.69) is 5.32 Å². The highest BCUT2D eigenvalue weighted by Gasteiger charge is 2.14. The van der Waals surface area contributed by atoms with E-state index >= 15 is 0 Å². The molecule has 0 bridgehead atoms. The molecule has 0 aromatic rings. The van der Waals surface area contributed by atoms with Crippen LogP contribution in [0.5, 0.6) is 0 Å². The molecule has 82 valence electrons. The lowest BCUT2D eigenvalue weighted by Gasteiger charge is -2.21. The van der Waals surface area contributed by atoms with Gasteiger partial charge in [-0.1, -0.05) is 0 Å². The fourth-order valence-electron chi connectivity index (χ4n) is 0.907. The van der Waals surface area contributed by atoms with Gasteiger partial charge in [0, 0.05) is 32.5 Å². The van der Waals surface area contributed by atoms with Crippen LogP contribution in [0.4, 0.5) is 0 Å². The first-order chi connectivity index (χ1) is 6.22. The molecule has 0 aliphatic carbocycles. The van der Waals surface area contributed by atoms with Gasteiger partial charge in [0.25, 0.3) is 0 Å². The summed E-state index contributed by atoms with van der Waals surface area (Å²) >= 11 is 0. The van der Waals surface area contributed by atoms with Crippen LogP contribution < -0.4 is 5.32 Å². The average Bonchev–Trinajstić information content (AvgIpc) is 1.96. The van der Waals surface area contributed by atoms with Gasteiger partial charge in [0.15, 0.2) is 0 Å². The molecule has 0 unspecified atom stereocenters. The van der Waals surface area contributed by atoms with Gasteiger partial charge in [-0.3, -0.25) is 9.59 Å². The summed E-state index contributed by atoms with van der Waals surface area (Å²) in [7, 11) is 1.69. The Hall–Kier alpha value is -1.06. The maximum Gasteiger partial charge on any atom is 0.222 e. The van der Waals surface area contributed by atoms with Crippen LogP contribution >= 0.6 is 0 Å². The van der Waals surface area contributed by atoms with Crippen molar-refractivity contribution in [2.24, 2.45) is 0 Å². The number of nitrogens with zero attached hydrogens (tertiary/aromatic N) is 1. The molecule has 0 aromatic heterocycles. The average molecular weight is 200 g/mol. The fourth-order valence-corrected chi connectivity index (χ4v) is 0.907. The van der Waals surface area contributed by atoms with Crippen LogP contribution in [0.2, 0.25) is 0 Å². The molecule has 2 amide bonds. The van der Waals surface area contributed by atoms with Gasteiger partial charge in [0.05, 0.1) is 0 Å². The van der Waals surface area contributed by atoms with Gasteiger partial charge in [-0.05, 0) is 20.8 Å². The molecule has 14 heavy (non-hydrogen) atoms. The Morgan fingerprint density at radius 3 is 2.14 bits per heavy atom. The fraction of sp³-hybridized carbons (Fsp3) is 0.800. The van der Waals surface area contributed by atoms with Crippen molar-refractivity contribution < 1.29 is 9.59 Å². The maximum absolute atomic E-state index is 11.3. The summed E-state index contributed by atoms with van der Waals surface area (Å²) in [6.07, 6.45) is 0.355. The maximum atomic E-state index is 11.3. The third-order valence-electron chi connectivity index (χ3n) is 1.73. The van der Waals surface area contributed by atoms with Gasteiger partial charge in [-0.2, -0.15) is 0 Å². The molecule has 0 radical (unpaired) electrons. The number of hydrogen-bond acceptors (Lipinski definition) is 2. The Bertz CT molecular complexity index is 219. The van der Waals surface area contributed by atoms with Crippen LogP contribution in [-0.4, -0.2) is 35.8 Å². The predicted molar refractivity (Wildman–Crippen MR) is 55.8 cm³/mol. The molecule has 0 spiro atoms. The molecule has 0 aromatic carbocycles. The van der Waals surface area contributed by atoms with Gasteiger partial charge in [0.2, 0.25) is 11.8 Å². The lowest BCUT2D eigenvalue weighted by Crippen LogP contribution is -2.42. The van der Waals surface area contributed by atoms with Gasteiger partial charge in [0.1, 0.15) is 0 Å². The van der Waals surface area contributed by atoms with Gasteiger partial charge < -0.3 is 10.2 Å². The Morgan fingerprint density at radius 2 is 1.79 bits per heavy atom. The molecule has 0 aliphatic heterocycles. The molecule has 0 fully saturated rings. The SMILES string of the molecule is CC(=O)N(C)CCC(=O)NC(C)(C)C. The van der Waals surface area contributed by atoms with Crippen molar-refractivity contribution >= 4 is 11.8 Å². The Morgan fingerprint density at radius 1 is 1.29 bits per heavy atom. The van der Waals surface area contributed by atoms with Crippen molar-refractivity contribution in [1.29, 1.82) is 0 Å². The zero-order valence-corrected chi connectivity index (χ0v) is 9.68. The third-order valence-corrected chi connectivity index (χ3v) is 1.73. The van der Waals surface area contributed by atoms with Crippen LogP contribution in [0.25, 0.3) is 0 Å². The minimum atomic E-state index is -0.203. The summed E-state index contributed by atoms with van der Waals surface area (Å²) in [5.41, 5.74) is -0.203. The van der Waals surface area contributed by atoms with Crippen molar-refractivity contribution in [2.45, 2.75) is 39.7 Å². The van der Waals surface area contributed by atoms with Crippen LogP contribution in [0.15, 0.2) is 0 Å². The molecular formula is C10H20N2O2. The second kappa shape index (κ2) is 4.98. The molecule has 0 heterocycles. The van der Waals surface area contributed by atoms with Crippen LogP contribution in [0.1, 0.15) is 34.1 Å². The van der Waals surface area contributed by atoms with E-state index in [0.29, 0.717) is 13.0 Å². The largest absolute Gasteiger partial charge is 0.351 e. The number of carbonyl (C=O) groups is 2. The molecule has 4 nitrogen and oxygen atoms in total. The molecule has 0 rings (SSSR count). The normalized spacial score (nSPS) is 10.9. The number of amides is 2. The highest BCUT2D eigenvalue weighted by molar-refractivity contribution is 5.78. The van der Waals surface area contributed by atoms with Crippen molar-refractivity contribution in [1.82, 2.24) is 10.2 Å². The molecule has 4 heteroatoms. The molecule has 0 saturated heterocycles. The van der Waals surface area contributed by atoms with E-state index in [9.17, 15) is 9.59 Å². The molecular weight excluding hydrogens is 180 g/mol. The van der Waals surface area contributed by atoms with E-state index in [1.54, 1.807) is 7.05 Å². The highest BCUT2D eigenvalue weighted by Crippen LogP contribution is 1.99. The van der Waals surface area contributed by atoms with Gasteiger partial charge >= 0.3 is 0 Å². The number of hydrogen-bond donors (Lipinski definition) is 1. The van der Waals surface area contributed by atoms with Crippen LogP contribution in [-0.2, 0) is 9.59 Å². The molecule has 0 atom stereocenters. The second-order valence-corrected chi connectivity index (χ2v) is 4.49. The lowest BCUT2D eigenvalue weighted by molar-refractivity contribution is -0.128. The minimum Gasteiger partial charge on any atom is -0.351 e. The van der Waals surface area contributed by atoms with E-state index in [1.807, 2.05) is 20.8 Å². The van der Waals surface area contributed by atoms with Crippen LogP contribution in [0.3, 0.4) is 0 Å². The summed E-state index contributed by atoms with van der Waals surface area (Å²) in [6, 6.07) is 0. The summed E-state index contributed by atoms with van der Waals surface area (Å²) < 4.78 is 0. The minimum absolute atomic E-state index is 0.0199. The summed E-state index contributed by atoms with van der Waals surface area (Å²) in [5.74, 6) is -0.0424. The number of nitrogens with one attached hydrogen (secondary N) is 1. The standard InChI is InChI=1S/C10H20N2O2/c1-8(13)12(5)7-6-9(14)11-10(2,3)4/h6-7H2,1-5H3,(H,11,14).